The lowest BCUT2D eigenvalue weighted by Crippen LogP contribution is -2.22. The molecule has 1 aromatic heterocycles. The molecule has 4 nitrogen and oxygen atoms in total. The summed E-state index contributed by atoms with van der Waals surface area (Å²) in [7, 11) is 0. The van der Waals surface area contributed by atoms with Crippen molar-refractivity contribution in [2.24, 2.45) is 0 Å². The van der Waals surface area contributed by atoms with Crippen LogP contribution in [0.25, 0.3) is 10.8 Å². The number of hydrogen-bond donors (Lipinski definition) is 2. The highest BCUT2D eigenvalue weighted by molar-refractivity contribution is 5.86. The van der Waals surface area contributed by atoms with E-state index < -0.39 is 0 Å². The lowest BCUT2D eigenvalue weighted by Gasteiger charge is -2.15. The normalized spacial score (nSPS) is 13.8. The zero-order valence-electron chi connectivity index (χ0n) is 12.2. The van der Waals surface area contributed by atoms with Crippen LogP contribution in [0.4, 0.5) is 11.6 Å². The SMILES string of the molecule is O=c1[nH]c(Nc2ccc3ccccc3c2)nc2c1CCCC2. The molecule has 1 aliphatic carbocycles. The molecule has 0 bridgehead atoms. The van der Waals surface area contributed by atoms with E-state index in [-0.39, 0.29) is 5.56 Å². The number of anilines is 2. The van der Waals surface area contributed by atoms with Crippen molar-refractivity contribution < 1.29 is 0 Å². The monoisotopic (exact) mass is 291 g/mol. The van der Waals surface area contributed by atoms with E-state index in [9.17, 15) is 4.79 Å². The molecule has 0 saturated heterocycles. The Balaban J connectivity index is 1.70. The molecular formula is C18H17N3O. The number of nitrogens with zero attached hydrogens (tertiary/aromatic N) is 1. The fraction of sp³-hybridized carbons (Fsp3) is 0.222. The number of nitrogens with one attached hydrogen (secondary N) is 2. The maximum Gasteiger partial charge on any atom is 0.255 e. The second-order valence-electron chi connectivity index (χ2n) is 5.73. The molecule has 1 heterocycles. The van der Waals surface area contributed by atoms with Gasteiger partial charge in [0.05, 0.1) is 5.69 Å². The standard InChI is InChI=1S/C18H17N3O/c22-17-15-7-3-4-8-16(15)20-18(21-17)19-14-10-9-12-5-1-2-6-13(12)11-14/h1-2,5-6,9-11H,3-4,7-8H2,(H2,19,20,21,22). The summed E-state index contributed by atoms with van der Waals surface area (Å²) < 4.78 is 0. The number of hydrogen-bond acceptors (Lipinski definition) is 3. The zero-order valence-corrected chi connectivity index (χ0v) is 12.2. The van der Waals surface area contributed by atoms with Crippen LogP contribution in [0, 0.1) is 0 Å². The minimum absolute atomic E-state index is 0.00649. The predicted molar refractivity (Wildman–Crippen MR) is 88.7 cm³/mol. The Morgan fingerprint density at radius 2 is 1.82 bits per heavy atom. The van der Waals surface area contributed by atoms with Crippen molar-refractivity contribution in [3.8, 4) is 0 Å². The number of aromatic amines is 1. The molecule has 3 aromatic rings. The first-order chi connectivity index (χ1) is 10.8. The lowest BCUT2D eigenvalue weighted by atomic mass is 9.97. The van der Waals surface area contributed by atoms with Crippen molar-refractivity contribution in [1.82, 2.24) is 9.97 Å². The van der Waals surface area contributed by atoms with E-state index in [0.29, 0.717) is 5.95 Å². The molecular weight excluding hydrogens is 274 g/mol. The predicted octanol–water partition coefficient (Wildman–Crippen LogP) is 3.55. The van der Waals surface area contributed by atoms with Gasteiger partial charge < -0.3 is 5.32 Å². The van der Waals surface area contributed by atoms with Crippen LogP contribution in [-0.2, 0) is 12.8 Å². The molecule has 0 radical (unpaired) electrons. The van der Waals surface area contributed by atoms with Crippen molar-refractivity contribution in [3.05, 3.63) is 64.1 Å². The molecule has 2 N–H and O–H groups in total. The van der Waals surface area contributed by atoms with Crippen molar-refractivity contribution in [2.45, 2.75) is 25.7 Å². The summed E-state index contributed by atoms with van der Waals surface area (Å²) in [5.41, 5.74) is 2.72. The second kappa shape index (κ2) is 5.30. The number of benzene rings is 2. The Labute approximate surface area is 128 Å². The molecule has 4 rings (SSSR count). The maximum absolute atomic E-state index is 12.2. The molecule has 2 aromatic carbocycles. The number of aryl methyl sites for hydroxylation is 1. The molecule has 110 valence electrons. The quantitative estimate of drug-likeness (QED) is 0.759. The zero-order chi connectivity index (χ0) is 14.9. The summed E-state index contributed by atoms with van der Waals surface area (Å²) in [5, 5.41) is 5.57. The van der Waals surface area contributed by atoms with Gasteiger partial charge in [-0.25, -0.2) is 4.98 Å². The van der Waals surface area contributed by atoms with Gasteiger partial charge >= 0.3 is 0 Å². The third-order valence-electron chi connectivity index (χ3n) is 4.20. The summed E-state index contributed by atoms with van der Waals surface area (Å²) in [6.07, 6.45) is 3.92. The van der Waals surface area contributed by atoms with E-state index in [1.807, 2.05) is 18.2 Å². The highest BCUT2D eigenvalue weighted by atomic mass is 16.1. The van der Waals surface area contributed by atoms with Crippen molar-refractivity contribution in [1.29, 1.82) is 0 Å². The summed E-state index contributed by atoms with van der Waals surface area (Å²) in [6, 6.07) is 14.3. The lowest BCUT2D eigenvalue weighted by molar-refractivity contribution is 0.658. The Hall–Kier alpha value is -2.62. The number of aromatic nitrogens is 2. The van der Waals surface area contributed by atoms with Gasteiger partial charge in [0.15, 0.2) is 0 Å². The van der Waals surface area contributed by atoms with E-state index in [1.165, 1.54) is 5.39 Å². The fourth-order valence-corrected chi connectivity index (χ4v) is 3.07. The van der Waals surface area contributed by atoms with Gasteiger partial charge in [-0.3, -0.25) is 9.78 Å². The molecule has 0 saturated carbocycles. The fourth-order valence-electron chi connectivity index (χ4n) is 3.07. The van der Waals surface area contributed by atoms with Crippen molar-refractivity contribution >= 4 is 22.4 Å². The molecule has 1 aliphatic rings. The van der Waals surface area contributed by atoms with Gasteiger partial charge in [-0.05, 0) is 48.6 Å². The van der Waals surface area contributed by atoms with Crippen LogP contribution in [0.1, 0.15) is 24.1 Å². The molecule has 0 fully saturated rings. The maximum atomic E-state index is 12.2. The van der Waals surface area contributed by atoms with Crippen LogP contribution >= 0.6 is 0 Å². The minimum Gasteiger partial charge on any atom is -0.326 e. The summed E-state index contributed by atoms with van der Waals surface area (Å²) >= 11 is 0. The molecule has 0 unspecified atom stereocenters. The van der Waals surface area contributed by atoms with Gasteiger partial charge in [-0.15, -0.1) is 0 Å². The van der Waals surface area contributed by atoms with Crippen LogP contribution in [0.5, 0.6) is 0 Å². The molecule has 0 atom stereocenters. The number of rotatable bonds is 2. The molecule has 0 amide bonds. The van der Waals surface area contributed by atoms with Gasteiger partial charge in [-0.2, -0.15) is 0 Å². The van der Waals surface area contributed by atoms with E-state index in [1.54, 1.807) is 0 Å². The van der Waals surface area contributed by atoms with Crippen LogP contribution in [-0.4, -0.2) is 9.97 Å². The first-order valence-corrected chi connectivity index (χ1v) is 7.67. The van der Waals surface area contributed by atoms with Gasteiger partial charge in [0, 0.05) is 11.3 Å². The average molecular weight is 291 g/mol. The average Bonchev–Trinajstić information content (AvgIpc) is 2.55. The van der Waals surface area contributed by atoms with Crippen molar-refractivity contribution in [2.75, 3.05) is 5.32 Å². The summed E-state index contributed by atoms with van der Waals surface area (Å²) in [5.74, 6) is 0.529. The third-order valence-corrected chi connectivity index (χ3v) is 4.20. The molecule has 0 aliphatic heterocycles. The third kappa shape index (κ3) is 2.37. The number of H-pyrrole nitrogens is 1. The molecule has 4 heteroatoms. The van der Waals surface area contributed by atoms with Gasteiger partial charge in [-0.1, -0.05) is 30.3 Å². The first-order valence-electron chi connectivity index (χ1n) is 7.67. The highest BCUT2D eigenvalue weighted by Gasteiger charge is 2.15. The van der Waals surface area contributed by atoms with Gasteiger partial charge in [0.1, 0.15) is 0 Å². The first kappa shape index (κ1) is 13.1. The van der Waals surface area contributed by atoms with Crippen LogP contribution in [0.3, 0.4) is 0 Å². The minimum atomic E-state index is -0.00649. The smallest absolute Gasteiger partial charge is 0.255 e. The summed E-state index contributed by atoms with van der Waals surface area (Å²) in [6.45, 7) is 0. The Morgan fingerprint density at radius 3 is 2.73 bits per heavy atom. The van der Waals surface area contributed by atoms with E-state index in [0.717, 1.165) is 48.0 Å². The van der Waals surface area contributed by atoms with E-state index in [2.05, 4.69) is 39.6 Å². The van der Waals surface area contributed by atoms with E-state index in [4.69, 9.17) is 0 Å². The number of fused-ring (bicyclic) bond motifs is 2. The van der Waals surface area contributed by atoms with Crippen LogP contribution in [0.15, 0.2) is 47.3 Å². The van der Waals surface area contributed by atoms with Gasteiger partial charge in [0.2, 0.25) is 5.95 Å². The van der Waals surface area contributed by atoms with Crippen LogP contribution < -0.4 is 10.9 Å². The highest BCUT2D eigenvalue weighted by Crippen LogP contribution is 2.22. The van der Waals surface area contributed by atoms with Gasteiger partial charge in [0.25, 0.3) is 5.56 Å². The van der Waals surface area contributed by atoms with Crippen LogP contribution in [0.2, 0.25) is 0 Å². The van der Waals surface area contributed by atoms with Crippen molar-refractivity contribution in [3.63, 3.8) is 0 Å². The molecule has 0 spiro atoms. The Bertz CT molecular complexity index is 898. The Morgan fingerprint density at radius 1 is 1.00 bits per heavy atom. The molecule has 22 heavy (non-hydrogen) atoms. The second-order valence-corrected chi connectivity index (χ2v) is 5.73. The Kier molecular flexibility index (Phi) is 3.15. The summed E-state index contributed by atoms with van der Waals surface area (Å²) in [4.78, 5) is 19.6. The van der Waals surface area contributed by atoms with E-state index >= 15 is 0 Å². The topological polar surface area (TPSA) is 57.8 Å². The largest absolute Gasteiger partial charge is 0.326 e.